The molecule has 6 nitrogen and oxygen atoms in total. The second kappa shape index (κ2) is 11.7. The van der Waals surface area contributed by atoms with Crippen LogP contribution in [-0.4, -0.2) is 36.6 Å². The first-order chi connectivity index (χ1) is 11.6. The molecular weight excluding hydrogens is 451 g/mol. The van der Waals surface area contributed by atoms with Gasteiger partial charge < -0.3 is 15.4 Å². The number of esters is 1. The fraction of sp³-hybridized carbons (Fsp3) is 0.706. The smallest absolute Gasteiger partial charge is 0.306 e. The van der Waals surface area contributed by atoms with Crippen LogP contribution in [0.5, 0.6) is 0 Å². The van der Waals surface area contributed by atoms with Gasteiger partial charge in [0.2, 0.25) is 0 Å². The molecule has 0 saturated heterocycles. The van der Waals surface area contributed by atoms with E-state index in [1.807, 2.05) is 13.8 Å². The van der Waals surface area contributed by atoms with Gasteiger partial charge in [-0.1, -0.05) is 0 Å². The van der Waals surface area contributed by atoms with Crippen LogP contribution >= 0.6 is 35.3 Å². The number of ether oxygens (including phenoxy) is 1. The average molecular weight is 480 g/mol. The van der Waals surface area contributed by atoms with Crippen molar-refractivity contribution >= 4 is 47.2 Å². The van der Waals surface area contributed by atoms with E-state index in [0.717, 1.165) is 35.9 Å². The zero-order valence-electron chi connectivity index (χ0n) is 15.3. The molecule has 0 amide bonds. The van der Waals surface area contributed by atoms with Crippen molar-refractivity contribution in [1.29, 1.82) is 0 Å². The number of aryl methyl sites for hydroxylation is 2. The molecule has 2 rings (SSSR count). The number of aromatic nitrogens is 1. The Morgan fingerprint density at radius 1 is 1.32 bits per heavy atom. The Morgan fingerprint density at radius 2 is 2.04 bits per heavy atom. The third-order valence-electron chi connectivity index (χ3n) is 4.09. The van der Waals surface area contributed by atoms with Crippen molar-refractivity contribution in [3.63, 3.8) is 0 Å². The van der Waals surface area contributed by atoms with E-state index in [9.17, 15) is 4.79 Å². The lowest BCUT2D eigenvalue weighted by molar-refractivity contribution is -0.148. The number of thiazole rings is 1. The Kier molecular flexibility index (Phi) is 10.3. The Balaban J connectivity index is 0.00000312. The van der Waals surface area contributed by atoms with Gasteiger partial charge >= 0.3 is 5.97 Å². The first-order valence-electron chi connectivity index (χ1n) is 8.65. The Morgan fingerprint density at radius 3 is 2.64 bits per heavy atom. The van der Waals surface area contributed by atoms with Crippen molar-refractivity contribution in [1.82, 2.24) is 15.6 Å². The summed E-state index contributed by atoms with van der Waals surface area (Å²) in [6, 6.07) is 0. The number of carbonyl (C=O) groups excluding carboxylic acids is 1. The standard InChI is InChI=1S/C17H28N4O2S.HI/c1-12-15(24-13(2)21-12)11-20-17(18-3)19-10-6-9-16(22)23-14-7-4-5-8-14;/h14H,4-11H2,1-3H3,(H2,18,19,20);1H. The molecular formula is C17H29IN4O2S. The molecule has 0 aromatic carbocycles. The first kappa shape index (κ1) is 22.1. The molecule has 1 saturated carbocycles. The van der Waals surface area contributed by atoms with Crippen molar-refractivity contribution < 1.29 is 9.53 Å². The highest BCUT2D eigenvalue weighted by Gasteiger charge is 2.18. The van der Waals surface area contributed by atoms with Crippen LogP contribution < -0.4 is 10.6 Å². The highest BCUT2D eigenvalue weighted by Crippen LogP contribution is 2.21. The molecule has 8 heteroatoms. The molecule has 1 aliphatic carbocycles. The quantitative estimate of drug-likeness (QED) is 0.206. The van der Waals surface area contributed by atoms with E-state index in [1.54, 1.807) is 18.4 Å². The number of rotatable bonds is 7. The molecule has 1 aromatic rings. The van der Waals surface area contributed by atoms with Crippen LogP contribution in [0.1, 0.15) is 54.1 Å². The van der Waals surface area contributed by atoms with Gasteiger partial charge in [0.25, 0.3) is 0 Å². The molecule has 0 unspecified atom stereocenters. The summed E-state index contributed by atoms with van der Waals surface area (Å²) in [7, 11) is 1.74. The van der Waals surface area contributed by atoms with Gasteiger partial charge in [-0.05, 0) is 46.0 Å². The number of aliphatic imine (C=N–C) groups is 1. The molecule has 1 aliphatic rings. The number of nitrogens with one attached hydrogen (secondary N) is 2. The van der Waals surface area contributed by atoms with Gasteiger partial charge in [-0.3, -0.25) is 9.79 Å². The average Bonchev–Trinajstić information content (AvgIpc) is 3.16. The number of hydrogen-bond donors (Lipinski definition) is 2. The molecule has 0 aliphatic heterocycles. The lowest BCUT2D eigenvalue weighted by Crippen LogP contribution is -2.37. The highest BCUT2D eigenvalue weighted by atomic mass is 127. The third-order valence-corrected chi connectivity index (χ3v) is 5.16. The van der Waals surface area contributed by atoms with Crippen LogP contribution in [0.15, 0.2) is 4.99 Å². The van der Waals surface area contributed by atoms with E-state index in [2.05, 4.69) is 20.6 Å². The topological polar surface area (TPSA) is 75.6 Å². The van der Waals surface area contributed by atoms with Crippen LogP contribution in [0.4, 0.5) is 0 Å². The molecule has 1 heterocycles. The van der Waals surface area contributed by atoms with Gasteiger partial charge in [0, 0.05) is 24.9 Å². The maximum Gasteiger partial charge on any atom is 0.306 e. The number of halogens is 1. The summed E-state index contributed by atoms with van der Waals surface area (Å²) in [5.41, 5.74) is 1.06. The number of hydrogen-bond acceptors (Lipinski definition) is 5. The van der Waals surface area contributed by atoms with Crippen LogP contribution in [0.2, 0.25) is 0 Å². The van der Waals surface area contributed by atoms with Crippen LogP contribution in [0.25, 0.3) is 0 Å². The SMILES string of the molecule is CN=C(NCCCC(=O)OC1CCCC1)NCc1sc(C)nc1C.I. The lowest BCUT2D eigenvalue weighted by Gasteiger charge is -2.13. The summed E-state index contributed by atoms with van der Waals surface area (Å²) in [5, 5.41) is 7.59. The van der Waals surface area contributed by atoms with Gasteiger partial charge in [0.05, 0.1) is 17.2 Å². The minimum absolute atomic E-state index is 0. The summed E-state index contributed by atoms with van der Waals surface area (Å²) in [4.78, 5) is 21.6. The Labute approximate surface area is 171 Å². The molecule has 2 N–H and O–H groups in total. The van der Waals surface area contributed by atoms with E-state index >= 15 is 0 Å². The number of guanidine groups is 1. The number of carbonyl (C=O) groups is 1. The largest absolute Gasteiger partial charge is 0.462 e. The van der Waals surface area contributed by atoms with Gasteiger partial charge in [-0.2, -0.15) is 0 Å². The fourth-order valence-electron chi connectivity index (χ4n) is 2.81. The third kappa shape index (κ3) is 7.89. The van der Waals surface area contributed by atoms with E-state index in [0.29, 0.717) is 19.5 Å². The van der Waals surface area contributed by atoms with Gasteiger partial charge in [0.1, 0.15) is 6.10 Å². The zero-order chi connectivity index (χ0) is 17.4. The molecule has 0 atom stereocenters. The van der Waals surface area contributed by atoms with Crippen LogP contribution in [-0.2, 0) is 16.1 Å². The monoisotopic (exact) mass is 480 g/mol. The van der Waals surface area contributed by atoms with Crippen molar-refractivity contribution in [3.8, 4) is 0 Å². The van der Waals surface area contributed by atoms with Crippen molar-refractivity contribution in [2.45, 2.75) is 65.0 Å². The molecule has 0 bridgehead atoms. The molecule has 1 fully saturated rings. The predicted molar refractivity (Wildman–Crippen MR) is 113 cm³/mol. The van der Waals surface area contributed by atoms with Crippen molar-refractivity contribution in [2.75, 3.05) is 13.6 Å². The second-order valence-electron chi connectivity index (χ2n) is 6.09. The minimum atomic E-state index is -0.0811. The van der Waals surface area contributed by atoms with Gasteiger partial charge in [0.15, 0.2) is 5.96 Å². The molecule has 1 aromatic heterocycles. The zero-order valence-corrected chi connectivity index (χ0v) is 18.4. The summed E-state index contributed by atoms with van der Waals surface area (Å²) in [6.45, 7) is 5.44. The van der Waals surface area contributed by atoms with E-state index in [4.69, 9.17) is 4.74 Å². The normalized spacial score (nSPS) is 14.9. The van der Waals surface area contributed by atoms with Crippen molar-refractivity contribution in [3.05, 3.63) is 15.6 Å². The second-order valence-corrected chi connectivity index (χ2v) is 7.38. The minimum Gasteiger partial charge on any atom is -0.462 e. The van der Waals surface area contributed by atoms with E-state index < -0.39 is 0 Å². The maximum atomic E-state index is 11.8. The molecule has 0 radical (unpaired) electrons. The van der Waals surface area contributed by atoms with E-state index in [1.165, 1.54) is 17.7 Å². The molecule has 25 heavy (non-hydrogen) atoms. The summed E-state index contributed by atoms with van der Waals surface area (Å²) in [5.74, 6) is 0.659. The van der Waals surface area contributed by atoms with Crippen molar-refractivity contribution in [2.24, 2.45) is 4.99 Å². The summed E-state index contributed by atoms with van der Waals surface area (Å²) < 4.78 is 5.45. The van der Waals surface area contributed by atoms with Crippen LogP contribution in [0.3, 0.4) is 0 Å². The Bertz CT molecular complexity index is 571. The molecule has 0 spiro atoms. The summed E-state index contributed by atoms with van der Waals surface area (Å²) in [6.07, 6.45) is 5.76. The lowest BCUT2D eigenvalue weighted by atomic mass is 10.3. The first-order valence-corrected chi connectivity index (χ1v) is 9.47. The fourth-order valence-corrected chi connectivity index (χ4v) is 3.69. The molecule has 142 valence electrons. The van der Waals surface area contributed by atoms with E-state index in [-0.39, 0.29) is 36.0 Å². The van der Waals surface area contributed by atoms with Crippen LogP contribution in [0, 0.1) is 13.8 Å². The predicted octanol–water partition coefficient (Wildman–Crippen LogP) is 3.31. The summed E-state index contributed by atoms with van der Waals surface area (Å²) >= 11 is 1.70. The number of nitrogens with zero attached hydrogens (tertiary/aromatic N) is 2. The maximum absolute atomic E-state index is 11.8. The van der Waals surface area contributed by atoms with Gasteiger partial charge in [-0.25, -0.2) is 4.98 Å². The highest BCUT2D eigenvalue weighted by molar-refractivity contribution is 14.0. The Hall–Kier alpha value is -0.900. The van der Waals surface area contributed by atoms with Gasteiger partial charge in [-0.15, -0.1) is 35.3 Å².